The Kier molecular flexibility index (Phi) is 3.65. The first kappa shape index (κ1) is 14.9. The average molecular weight is 310 g/mol. The van der Waals surface area contributed by atoms with Crippen LogP contribution in [0.3, 0.4) is 0 Å². The van der Waals surface area contributed by atoms with Crippen molar-refractivity contribution in [3.63, 3.8) is 0 Å². The molecule has 3 rings (SSSR count). The van der Waals surface area contributed by atoms with Crippen LogP contribution in [0.1, 0.15) is 25.1 Å². The Morgan fingerprint density at radius 1 is 1.30 bits per heavy atom. The van der Waals surface area contributed by atoms with E-state index in [2.05, 4.69) is 10.3 Å². The molecule has 0 radical (unpaired) electrons. The smallest absolute Gasteiger partial charge is 0.319 e. The Labute approximate surface area is 134 Å². The Bertz CT molecular complexity index is 806. The van der Waals surface area contributed by atoms with E-state index in [1.54, 1.807) is 12.1 Å². The summed E-state index contributed by atoms with van der Waals surface area (Å²) in [6, 6.07) is 8.68. The van der Waals surface area contributed by atoms with Crippen molar-refractivity contribution in [3.05, 3.63) is 47.8 Å². The zero-order chi connectivity index (χ0) is 16.6. The number of anilines is 2. The molecule has 1 aliphatic heterocycles. The second-order valence-corrected chi connectivity index (χ2v) is 5.35. The topological polar surface area (TPSA) is 91.2 Å². The van der Waals surface area contributed by atoms with Gasteiger partial charge in [-0.1, -0.05) is 0 Å². The van der Waals surface area contributed by atoms with Gasteiger partial charge in [0.15, 0.2) is 0 Å². The molecule has 23 heavy (non-hydrogen) atoms. The van der Waals surface area contributed by atoms with E-state index in [-0.39, 0.29) is 5.91 Å². The molecule has 3 amide bonds. The molecule has 0 saturated carbocycles. The lowest BCUT2D eigenvalue weighted by molar-refractivity contribution is -0.110. The molecule has 0 aliphatic carbocycles. The van der Waals surface area contributed by atoms with Crippen LogP contribution in [0.2, 0.25) is 0 Å². The maximum absolute atomic E-state index is 12.4. The van der Waals surface area contributed by atoms with Crippen molar-refractivity contribution in [1.29, 1.82) is 0 Å². The predicted octanol–water partition coefficient (Wildman–Crippen LogP) is 2.80. The fourth-order valence-corrected chi connectivity index (χ4v) is 2.86. The Balaban J connectivity index is 2.14. The molecular weight excluding hydrogens is 292 g/mol. The van der Waals surface area contributed by atoms with Gasteiger partial charge < -0.3 is 16.0 Å². The number of urea groups is 1. The summed E-state index contributed by atoms with van der Waals surface area (Å²) in [6.45, 7) is 4.21. The minimum atomic E-state index is -0.517. The number of H-pyrrole nitrogens is 1. The van der Waals surface area contributed by atoms with Gasteiger partial charge in [-0.3, -0.25) is 9.69 Å². The zero-order valence-corrected chi connectivity index (χ0v) is 13.0. The van der Waals surface area contributed by atoms with E-state index in [4.69, 9.17) is 5.73 Å². The summed E-state index contributed by atoms with van der Waals surface area (Å²) in [6.07, 6.45) is 1.81. The number of nitrogens with two attached hydrogens (primary N) is 1. The van der Waals surface area contributed by atoms with Crippen molar-refractivity contribution >= 4 is 34.5 Å². The van der Waals surface area contributed by atoms with Gasteiger partial charge in [-0.15, -0.1) is 0 Å². The van der Waals surface area contributed by atoms with Crippen LogP contribution in [-0.4, -0.2) is 23.5 Å². The molecule has 0 bridgehead atoms. The summed E-state index contributed by atoms with van der Waals surface area (Å²) in [4.78, 5) is 28.5. The number of primary amides is 1. The van der Waals surface area contributed by atoms with E-state index in [1.165, 1.54) is 4.90 Å². The lowest BCUT2D eigenvalue weighted by atomic mass is 9.99. The molecule has 4 N–H and O–H groups in total. The van der Waals surface area contributed by atoms with Crippen LogP contribution < -0.4 is 16.0 Å². The van der Waals surface area contributed by atoms with Crippen LogP contribution >= 0.6 is 0 Å². The summed E-state index contributed by atoms with van der Waals surface area (Å²) < 4.78 is 0. The average Bonchev–Trinajstić information content (AvgIpc) is 3.13. The standard InChI is InChI=1S/C17H18N4O2/c1-3-21(17(18)23)11-6-7-14-12(9-11)15(16(22)20-14)10(2)13-5-4-8-19-13/h4-9,19H,3H2,1-2H3,(H2,18,23)(H,20,22)/b15-10+. The van der Waals surface area contributed by atoms with Gasteiger partial charge in [-0.05, 0) is 49.8 Å². The molecule has 1 aromatic heterocycles. The molecule has 2 heterocycles. The fourth-order valence-electron chi connectivity index (χ4n) is 2.86. The lowest BCUT2D eigenvalue weighted by Crippen LogP contribution is -2.35. The van der Waals surface area contributed by atoms with Gasteiger partial charge in [-0.25, -0.2) is 4.79 Å². The van der Waals surface area contributed by atoms with Crippen molar-refractivity contribution in [2.45, 2.75) is 13.8 Å². The minimum Gasteiger partial charge on any atom is -0.361 e. The number of benzene rings is 1. The molecule has 1 aromatic carbocycles. The number of carbonyl (C=O) groups excluding carboxylic acids is 2. The molecule has 0 spiro atoms. The third kappa shape index (κ3) is 2.48. The van der Waals surface area contributed by atoms with Crippen molar-refractivity contribution < 1.29 is 9.59 Å². The quantitative estimate of drug-likeness (QED) is 0.761. The number of hydrogen-bond acceptors (Lipinski definition) is 2. The number of allylic oxidation sites excluding steroid dienone is 1. The van der Waals surface area contributed by atoms with Crippen molar-refractivity contribution in [2.24, 2.45) is 5.73 Å². The number of hydrogen-bond donors (Lipinski definition) is 3. The molecule has 1 aliphatic rings. The number of fused-ring (bicyclic) bond motifs is 1. The first-order chi connectivity index (χ1) is 11.0. The summed E-state index contributed by atoms with van der Waals surface area (Å²) in [5.74, 6) is -0.147. The molecule has 0 saturated heterocycles. The van der Waals surface area contributed by atoms with E-state index in [0.717, 1.165) is 22.5 Å². The van der Waals surface area contributed by atoms with Crippen LogP contribution in [0.4, 0.5) is 16.2 Å². The van der Waals surface area contributed by atoms with Gasteiger partial charge in [0.2, 0.25) is 0 Å². The number of aromatic amines is 1. The SMILES string of the molecule is CCN(C(N)=O)c1ccc2c(c1)/C(=C(/C)c1ccc[nH]1)C(=O)N2. The molecule has 118 valence electrons. The highest BCUT2D eigenvalue weighted by Crippen LogP contribution is 2.38. The van der Waals surface area contributed by atoms with Gasteiger partial charge in [0.05, 0.1) is 5.57 Å². The predicted molar refractivity (Wildman–Crippen MR) is 91.0 cm³/mol. The Morgan fingerprint density at radius 3 is 2.70 bits per heavy atom. The summed E-state index contributed by atoms with van der Waals surface area (Å²) in [7, 11) is 0. The normalized spacial score (nSPS) is 15.1. The number of rotatable bonds is 3. The van der Waals surface area contributed by atoms with Crippen molar-refractivity contribution in [1.82, 2.24) is 4.98 Å². The maximum atomic E-state index is 12.4. The highest BCUT2D eigenvalue weighted by molar-refractivity contribution is 6.36. The van der Waals surface area contributed by atoms with Crippen LogP contribution in [0.5, 0.6) is 0 Å². The number of aromatic nitrogens is 1. The van der Waals surface area contributed by atoms with Gasteiger partial charge in [0, 0.05) is 35.4 Å². The van der Waals surface area contributed by atoms with Crippen molar-refractivity contribution in [3.8, 4) is 0 Å². The molecule has 2 aromatic rings. The molecular formula is C17H18N4O2. The molecule has 0 atom stereocenters. The zero-order valence-electron chi connectivity index (χ0n) is 13.0. The van der Waals surface area contributed by atoms with E-state index < -0.39 is 6.03 Å². The van der Waals surface area contributed by atoms with E-state index >= 15 is 0 Å². The van der Waals surface area contributed by atoms with E-state index in [9.17, 15) is 9.59 Å². The van der Waals surface area contributed by atoms with Crippen LogP contribution in [-0.2, 0) is 4.79 Å². The summed E-state index contributed by atoms with van der Waals surface area (Å²) in [5.41, 5.74) is 9.94. The number of amides is 3. The van der Waals surface area contributed by atoms with Crippen LogP contribution in [0.25, 0.3) is 11.1 Å². The van der Waals surface area contributed by atoms with Gasteiger partial charge in [0.1, 0.15) is 0 Å². The fraction of sp³-hybridized carbons (Fsp3) is 0.176. The van der Waals surface area contributed by atoms with Gasteiger partial charge in [-0.2, -0.15) is 0 Å². The summed E-state index contributed by atoms with van der Waals surface area (Å²) in [5, 5.41) is 2.86. The van der Waals surface area contributed by atoms with Gasteiger partial charge in [0.25, 0.3) is 5.91 Å². The maximum Gasteiger partial charge on any atom is 0.319 e. The van der Waals surface area contributed by atoms with Crippen molar-refractivity contribution in [2.75, 3.05) is 16.8 Å². The molecule has 6 heteroatoms. The summed E-state index contributed by atoms with van der Waals surface area (Å²) >= 11 is 0. The molecule has 0 unspecified atom stereocenters. The third-order valence-corrected chi connectivity index (χ3v) is 4.02. The lowest BCUT2D eigenvalue weighted by Gasteiger charge is -2.19. The molecule has 6 nitrogen and oxygen atoms in total. The van der Waals surface area contributed by atoms with Crippen LogP contribution in [0.15, 0.2) is 36.5 Å². The monoisotopic (exact) mass is 310 g/mol. The second kappa shape index (κ2) is 5.64. The minimum absolute atomic E-state index is 0.147. The molecule has 0 fully saturated rings. The Hall–Kier alpha value is -3.02. The number of nitrogens with zero attached hydrogens (tertiary/aromatic N) is 1. The first-order valence-corrected chi connectivity index (χ1v) is 7.40. The first-order valence-electron chi connectivity index (χ1n) is 7.40. The van der Waals surface area contributed by atoms with E-state index in [1.807, 2.05) is 38.2 Å². The second-order valence-electron chi connectivity index (χ2n) is 5.35. The number of nitrogens with one attached hydrogen (secondary N) is 2. The third-order valence-electron chi connectivity index (χ3n) is 4.02. The Morgan fingerprint density at radius 2 is 2.09 bits per heavy atom. The van der Waals surface area contributed by atoms with E-state index in [0.29, 0.717) is 17.8 Å². The van der Waals surface area contributed by atoms with Gasteiger partial charge >= 0.3 is 6.03 Å². The number of carbonyl (C=O) groups is 2. The largest absolute Gasteiger partial charge is 0.361 e. The highest BCUT2D eigenvalue weighted by atomic mass is 16.2. The highest BCUT2D eigenvalue weighted by Gasteiger charge is 2.28. The van der Waals surface area contributed by atoms with Crippen LogP contribution in [0, 0.1) is 0 Å².